The zero-order chi connectivity index (χ0) is 13.8. The molecule has 0 spiro atoms. The minimum absolute atomic E-state index is 0.354. The standard InChI is InChI=1S/C13H17NO4/c1-9(13(2,17)12(16)18-3)14-11(15)10-7-5-4-6-8-10/h4-9,17H,1-3H3,(H,14,15)/t9-,13+/m1/s1. The van der Waals surface area contributed by atoms with Gasteiger partial charge in [-0.3, -0.25) is 4.79 Å². The largest absolute Gasteiger partial charge is 0.467 e. The first-order valence-electron chi connectivity index (χ1n) is 5.56. The van der Waals surface area contributed by atoms with Crippen LogP contribution in [0, 0.1) is 0 Å². The smallest absolute Gasteiger partial charge is 0.339 e. The number of carbonyl (C=O) groups excluding carboxylic acids is 2. The number of carbonyl (C=O) groups is 2. The van der Waals surface area contributed by atoms with E-state index >= 15 is 0 Å². The molecule has 98 valence electrons. The Labute approximate surface area is 106 Å². The second kappa shape index (κ2) is 5.64. The summed E-state index contributed by atoms with van der Waals surface area (Å²) in [5.74, 6) is -1.14. The molecule has 1 aromatic rings. The lowest BCUT2D eigenvalue weighted by Gasteiger charge is -2.28. The van der Waals surface area contributed by atoms with E-state index in [9.17, 15) is 14.7 Å². The van der Waals surface area contributed by atoms with Gasteiger partial charge in [-0.05, 0) is 26.0 Å². The maximum absolute atomic E-state index is 11.8. The summed E-state index contributed by atoms with van der Waals surface area (Å²) in [7, 11) is 1.18. The van der Waals surface area contributed by atoms with Crippen molar-refractivity contribution in [3.8, 4) is 0 Å². The second-order valence-corrected chi connectivity index (χ2v) is 4.20. The van der Waals surface area contributed by atoms with Crippen molar-refractivity contribution in [1.82, 2.24) is 5.32 Å². The van der Waals surface area contributed by atoms with Crippen molar-refractivity contribution < 1.29 is 19.4 Å². The van der Waals surface area contributed by atoms with Crippen LogP contribution < -0.4 is 5.32 Å². The summed E-state index contributed by atoms with van der Waals surface area (Å²) in [6.07, 6.45) is 0. The predicted octanol–water partition coefficient (Wildman–Crippen LogP) is 0.729. The average Bonchev–Trinajstić information content (AvgIpc) is 2.38. The highest BCUT2D eigenvalue weighted by atomic mass is 16.5. The summed E-state index contributed by atoms with van der Waals surface area (Å²) in [5, 5.41) is 12.5. The molecule has 1 amide bonds. The van der Waals surface area contributed by atoms with Crippen LogP contribution in [-0.2, 0) is 9.53 Å². The van der Waals surface area contributed by atoms with Gasteiger partial charge in [0.05, 0.1) is 13.2 Å². The third-order valence-corrected chi connectivity index (χ3v) is 2.83. The Morgan fingerprint density at radius 1 is 1.33 bits per heavy atom. The second-order valence-electron chi connectivity index (χ2n) is 4.20. The first-order chi connectivity index (χ1) is 8.39. The van der Waals surface area contributed by atoms with Crippen molar-refractivity contribution in [3.05, 3.63) is 35.9 Å². The summed E-state index contributed by atoms with van der Waals surface area (Å²) >= 11 is 0. The highest BCUT2D eigenvalue weighted by Crippen LogP contribution is 2.12. The van der Waals surface area contributed by atoms with Gasteiger partial charge in [0.1, 0.15) is 0 Å². The van der Waals surface area contributed by atoms with E-state index < -0.39 is 17.6 Å². The van der Waals surface area contributed by atoms with E-state index in [4.69, 9.17) is 0 Å². The number of benzene rings is 1. The van der Waals surface area contributed by atoms with E-state index in [0.717, 1.165) is 0 Å². The summed E-state index contributed by atoms with van der Waals surface area (Å²) < 4.78 is 4.48. The van der Waals surface area contributed by atoms with Gasteiger partial charge < -0.3 is 15.2 Å². The van der Waals surface area contributed by atoms with Gasteiger partial charge in [-0.2, -0.15) is 0 Å². The molecule has 1 rings (SSSR count). The van der Waals surface area contributed by atoms with Gasteiger partial charge in [0.2, 0.25) is 0 Å². The van der Waals surface area contributed by atoms with E-state index in [0.29, 0.717) is 5.56 Å². The number of ether oxygens (including phenoxy) is 1. The highest BCUT2D eigenvalue weighted by molar-refractivity contribution is 5.95. The van der Waals surface area contributed by atoms with Crippen LogP contribution in [0.25, 0.3) is 0 Å². The zero-order valence-electron chi connectivity index (χ0n) is 10.6. The van der Waals surface area contributed by atoms with Crippen molar-refractivity contribution in [3.63, 3.8) is 0 Å². The van der Waals surface area contributed by atoms with Crippen LogP contribution in [0.1, 0.15) is 24.2 Å². The molecular weight excluding hydrogens is 234 g/mol. The Morgan fingerprint density at radius 2 is 1.89 bits per heavy atom. The number of hydrogen-bond donors (Lipinski definition) is 2. The number of rotatable bonds is 4. The van der Waals surface area contributed by atoms with Gasteiger partial charge in [0.25, 0.3) is 5.91 Å². The van der Waals surface area contributed by atoms with Crippen molar-refractivity contribution in [2.45, 2.75) is 25.5 Å². The Kier molecular flexibility index (Phi) is 4.44. The fourth-order valence-electron chi connectivity index (χ4n) is 1.39. The Balaban J connectivity index is 2.74. The lowest BCUT2D eigenvalue weighted by molar-refractivity contribution is -0.162. The Bertz CT molecular complexity index is 428. The van der Waals surface area contributed by atoms with Crippen LogP contribution in [0.5, 0.6) is 0 Å². The lowest BCUT2D eigenvalue weighted by Crippen LogP contribution is -2.54. The number of methoxy groups -OCH3 is 1. The van der Waals surface area contributed by atoms with Crippen molar-refractivity contribution in [2.24, 2.45) is 0 Å². The van der Waals surface area contributed by atoms with E-state index in [1.165, 1.54) is 21.0 Å². The molecule has 0 radical (unpaired) electrons. The fourth-order valence-corrected chi connectivity index (χ4v) is 1.39. The summed E-state index contributed by atoms with van der Waals surface area (Å²) in [5.41, 5.74) is -1.30. The molecule has 0 saturated carbocycles. The maximum Gasteiger partial charge on any atom is 0.339 e. The Morgan fingerprint density at radius 3 is 2.39 bits per heavy atom. The molecule has 2 N–H and O–H groups in total. The third-order valence-electron chi connectivity index (χ3n) is 2.83. The molecule has 5 nitrogen and oxygen atoms in total. The zero-order valence-corrected chi connectivity index (χ0v) is 10.6. The molecule has 0 fully saturated rings. The van der Waals surface area contributed by atoms with Gasteiger partial charge >= 0.3 is 5.97 Å². The molecule has 0 unspecified atom stereocenters. The van der Waals surface area contributed by atoms with Gasteiger partial charge in [-0.1, -0.05) is 18.2 Å². The number of hydrogen-bond acceptors (Lipinski definition) is 4. The number of esters is 1. The van der Waals surface area contributed by atoms with Crippen LogP contribution in [0.2, 0.25) is 0 Å². The van der Waals surface area contributed by atoms with Crippen molar-refractivity contribution in [1.29, 1.82) is 0 Å². The van der Waals surface area contributed by atoms with E-state index in [1.807, 2.05) is 0 Å². The van der Waals surface area contributed by atoms with Crippen LogP contribution in [0.4, 0.5) is 0 Å². The first-order valence-corrected chi connectivity index (χ1v) is 5.56. The van der Waals surface area contributed by atoms with Crippen LogP contribution in [-0.4, -0.2) is 35.7 Å². The molecule has 0 aliphatic rings. The van der Waals surface area contributed by atoms with Gasteiger partial charge in [-0.25, -0.2) is 4.79 Å². The quantitative estimate of drug-likeness (QED) is 0.773. The molecule has 0 aliphatic carbocycles. The molecule has 0 heterocycles. The molecule has 5 heteroatoms. The molecule has 0 bridgehead atoms. The number of amides is 1. The van der Waals surface area contributed by atoms with E-state index in [1.54, 1.807) is 30.3 Å². The normalized spacial score (nSPS) is 15.3. The van der Waals surface area contributed by atoms with E-state index in [2.05, 4.69) is 10.1 Å². The van der Waals surface area contributed by atoms with Gasteiger partial charge in [0.15, 0.2) is 5.60 Å². The molecule has 18 heavy (non-hydrogen) atoms. The van der Waals surface area contributed by atoms with Gasteiger partial charge in [0, 0.05) is 5.56 Å². The third kappa shape index (κ3) is 3.07. The van der Waals surface area contributed by atoms with Crippen LogP contribution >= 0.6 is 0 Å². The molecule has 2 atom stereocenters. The topological polar surface area (TPSA) is 75.6 Å². The number of nitrogens with one attached hydrogen (secondary N) is 1. The fraction of sp³-hybridized carbons (Fsp3) is 0.385. The number of aliphatic hydroxyl groups is 1. The minimum Gasteiger partial charge on any atom is -0.467 e. The minimum atomic E-state index is -1.76. The molecule has 0 aromatic heterocycles. The maximum atomic E-state index is 11.8. The molecule has 0 aliphatic heterocycles. The summed E-state index contributed by atoms with van der Waals surface area (Å²) in [6.45, 7) is 2.84. The Hall–Kier alpha value is -1.88. The van der Waals surface area contributed by atoms with Crippen molar-refractivity contribution in [2.75, 3.05) is 7.11 Å². The highest BCUT2D eigenvalue weighted by Gasteiger charge is 2.38. The molecule has 0 saturated heterocycles. The van der Waals surface area contributed by atoms with Crippen molar-refractivity contribution >= 4 is 11.9 Å². The SMILES string of the molecule is COC(=O)[C@@](C)(O)[C@@H](C)NC(=O)c1ccccc1. The van der Waals surface area contributed by atoms with Crippen LogP contribution in [0.3, 0.4) is 0 Å². The lowest BCUT2D eigenvalue weighted by atomic mass is 9.98. The van der Waals surface area contributed by atoms with Gasteiger partial charge in [-0.15, -0.1) is 0 Å². The molecule has 1 aromatic carbocycles. The predicted molar refractivity (Wildman–Crippen MR) is 66.0 cm³/mol. The van der Waals surface area contributed by atoms with E-state index in [-0.39, 0.29) is 5.91 Å². The first kappa shape index (κ1) is 14.2. The monoisotopic (exact) mass is 251 g/mol. The average molecular weight is 251 g/mol. The summed E-state index contributed by atoms with van der Waals surface area (Å²) in [6, 6.07) is 7.79. The summed E-state index contributed by atoms with van der Waals surface area (Å²) in [4.78, 5) is 23.2. The molecular formula is C13H17NO4. The van der Waals surface area contributed by atoms with Crippen LogP contribution in [0.15, 0.2) is 30.3 Å².